The summed E-state index contributed by atoms with van der Waals surface area (Å²) < 4.78 is 1.06. The van der Waals surface area contributed by atoms with Crippen LogP contribution < -0.4 is 5.32 Å². The predicted octanol–water partition coefficient (Wildman–Crippen LogP) is 4.32. The van der Waals surface area contributed by atoms with Crippen LogP contribution in [0.25, 0.3) is 21.9 Å². The molecule has 5 heteroatoms. The monoisotopic (exact) mass is 319 g/mol. The van der Waals surface area contributed by atoms with E-state index in [-0.39, 0.29) is 5.91 Å². The van der Waals surface area contributed by atoms with Gasteiger partial charge in [0.1, 0.15) is 11.1 Å². The fraction of sp³-hybridized carbons (Fsp3) is 0.0556. The fourth-order valence-electron chi connectivity index (χ4n) is 2.16. The first-order valence-corrected chi connectivity index (χ1v) is 7.83. The standard InChI is InChI=1S/C18H13N3OS/c1-12(22)20-15-8-6-13(7-9-15)10-14(11-19)18-21-16-4-2-3-5-17(16)23-18/h2-10H,1H3,(H,20,22)/b14-10+. The number of hydrogen-bond acceptors (Lipinski definition) is 4. The number of thiazole rings is 1. The third kappa shape index (κ3) is 3.44. The first-order valence-electron chi connectivity index (χ1n) is 7.01. The van der Waals surface area contributed by atoms with Gasteiger partial charge < -0.3 is 5.32 Å². The molecule has 1 heterocycles. The molecule has 0 saturated carbocycles. The first-order chi connectivity index (χ1) is 11.2. The molecule has 0 aliphatic rings. The number of nitrogens with zero attached hydrogens (tertiary/aromatic N) is 2. The van der Waals surface area contributed by atoms with Crippen molar-refractivity contribution >= 4 is 44.8 Å². The quantitative estimate of drug-likeness (QED) is 0.731. The van der Waals surface area contributed by atoms with Crippen LogP contribution in [0.3, 0.4) is 0 Å². The maximum absolute atomic E-state index is 11.0. The Kier molecular flexibility index (Phi) is 4.18. The number of allylic oxidation sites excluding steroid dienone is 1. The number of fused-ring (bicyclic) bond motifs is 1. The Bertz CT molecular complexity index is 900. The number of carbonyl (C=O) groups is 1. The highest BCUT2D eigenvalue weighted by atomic mass is 32.1. The minimum Gasteiger partial charge on any atom is -0.326 e. The molecule has 0 fully saturated rings. The van der Waals surface area contributed by atoms with E-state index >= 15 is 0 Å². The van der Waals surface area contributed by atoms with Crippen molar-refractivity contribution in [3.63, 3.8) is 0 Å². The van der Waals surface area contributed by atoms with E-state index in [1.165, 1.54) is 18.3 Å². The lowest BCUT2D eigenvalue weighted by atomic mass is 10.1. The Labute approximate surface area is 137 Å². The summed E-state index contributed by atoms with van der Waals surface area (Å²) in [5, 5.41) is 12.9. The van der Waals surface area contributed by atoms with Crippen molar-refractivity contribution in [1.82, 2.24) is 4.98 Å². The van der Waals surface area contributed by atoms with Gasteiger partial charge in [0.2, 0.25) is 5.91 Å². The van der Waals surface area contributed by atoms with Gasteiger partial charge in [-0.05, 0) is 35.9 Å². The Morgan fingerprint density at radius 2 is 1.96 bits per heavy atom. The summed E-state index contributed by atoms with van der Waals surface area (Å²) in [4.78, 5) is 15.5. The Hall–Kier alpha value is -2.97. The Morgan fingerprint density at radius 3 is 2.61 bits per heavy atom. The second-order valence-corrected chi connectivity index (χ2v) is 5.99. The zero-order valence-corrected chi connectivity index (χ0v) is 13.2. The molecule has 0 radical (unpaired) electrons. The number of benzene rings is 2. The third-order valence-corrected chi connectivity index (χ3v) is 4.26. The van der Waals surface area contributed by atoms with Gasteiger partial charge in [0, 0.05) is 12.6 Å². The molecule has 4 nitrogen and oxygen atoms in total. The summed E-state index contributed by atoms with van der Waals surface area (Å²) >= 11 is 1.50. The maximum atomic E-state index is 11.0. The maximum Gasteiger partial charge on any atom is 0.221 e. The molecule has 112 valence electrons. The van der Waals surface area contributed by atoms with Crippen LogP contribution in [0.4, 0.5) is 5.69 Å². The molecule has 0 aliphatic heterocycles. The molecule has 3 aromatic rings. The SMILES string of the molecule is CC(=O)Nc1ccc(/C=C(\C#N)c2nc3ccccc3s2)cc1. The summed E-state index contributed by atoms with van der Waals surface area (Å²) in [6.45, 7) is 1.47. The van der Waals surface area contributed by atoms with Crippen molar-refractivity contribution < 1.29 is 4.79 Å². The van der Waals surface area contributed by atoms with Gasteiger partial charge in [-0.25, -0.2) is 4.98 Å². The van der Waals surface area contributed by atoms with Crippen LogP contribution in [-0.4, -0.2) is 10.9 Å². The van der Waals surface area contributed by atoms with Gasteiger partial charge in [-0.3, -0.25) is 4.79 Å². The van der Waals surface area contributed by atoms with E-state index in [0.29, 0.717) is 10.6 Å². The summed E-state index contributed by atoms with van der Waals surface area (Å²) in [7, 11) is 0. The predicted molar refractivity (Wildman–Crippen MR) is 93.8 cm³/mol. The number of carbonyl (C=O) groups excluding carboxylic acids is 1. The highest BCUT2D eigenvalue weighted by Gasteiger charge is 2.08. The van der Waals surface area contributed by atoms with Crippen LogP contribution in [-0.2, 0) is 4.79 Å². The highest BCUT2D eigenvalue weighted by Crippen LogP contribution is 2.28. The number of anilines is 1. The summed E-state index contributed by atoms with van der Waals surface area (Å²) in [6.07, 6.45) is 1.80. The largest absolute Gasteiger partial charge is 0.326 e. The molecular formula is C18H13N3OS. The molecule has 0 aliphatic carbocycles. The van der Waals surface area contributed by atoms with Crippen molar-refractivity contribution in [2.24, 2.45) is 0 Å². The smallest absolute Gasteiger partial charge is 0.221 e. The van der Waals surface area contributed by atoms with Crippen molar-refractivity contribution in [2.45, 2.75) is 6.92 Å². The summed E-state index contributed by atoms with van der Waals surface area (Å²) in [5.74, 6) is -0.111. The van der Waals surface area contributed by atoms with Gasteiger partial charge in [0.05, 0.1) is 15.8 Å². The molecule has 1 N–H and O–H groups in total. The third-order valence-electron chi connectivity index (χ3n) is 3.19. The van der Waals surface area contributed by atoms with Crippen molar-refractivity contribution in [1.29, 1.82) is 5.26 Å². The average Bonchev–Trinajstić information content (AvgIpc) is 2.97. The van der Waals surface area contributed by atoms with Gasteiger partial charge in [0.25, 0.3) is 0 Å². The van der Waals surface area contributed by atoms with E-state index in [0.717, 1.165) is 21.5 Å². The van der Waals surface area contributed by atoms with Gasteiger partial charge in [-0.15, -0.1) is 11.3 Å². The minimum atomic E-state index is -0.111. The van der Waals surface area contributed by atoms with E-state index in [1.54, 1.807) is 18.2 Å². The molecule has 1 aromatic heterocycles. The average molecular weight is 319 g/mol. The zero-order chi connectivity index (χ0) is 16.2. The van der Waals surface area contributed by atoms with Crippen molar-refractivity contribution in [3.8, 4) is 6.07 Å². The topological polar surface area (TPSA) is 65.8 Å². The lowest BCUT2D eigenvalue weighted by molar-refractivity contribution is -0.114. The summed E-state index contributed by atoms with van der Waals surface area (Å²) in [5.41, 5.74) is 3.04. The van der Waals surface area contributed by atoms with Crippen molar-refractivity contribution in [3.05, 3.63) is 59.1 Å². The summed E-state index contributed by atoms with van der Waals surface area (Å²) in [6, 6.07) is 17.4. The Balaban J connectivity index is 1.92. The molecular weight excluding hydrogens is 306 g/mol. The second-order valence-electron chi connectivity index (χ2n) is 4.96. The van der Waals surface area contributed by atoms with Gasteiger partial charge in [-0.2, -0.15) is 5.26 Å². The second kappa shape index (κ2) is 6.42. The molecule has 0 spiro atoms. The van der Waals surface area contributed by atoms with Crippen LogP contribution in [0.1, 0.15) is 17.5 Å². The molecule has 0 unspecified atom stereocenters. The molecule has 0 saturated heterocycles. The lowest BCUT2D eigenvalue weighted by Crippen LogP contribution is -2.05. The number of hydrogen-bond donors (Lipinski definition) is 1. The molecule has 1 amide bonds. The van der Waals surface area contributed by atoms with Gasteiger partial charge >= 0.3 is 0 Å². The Morgan fingerprint density at radius 1 is 1.22 bits per heavy atom. The lowest BCUT2D eigenvalue weighted by Gasteiger charge is -2.02. The molecule has 3 rings (SSSR count). The normalized spacial score (nSPS) is 11.2. The highest BCUT2D eigenvalue weighted by molar-refractivity contribution is 7.19. The van der Waals surface area contributed by atoms with Crippen LogP contribution in [0, 0.1) is 11.3 Å². The van der Waals surface area contributed by atoms with Crippen molar-refractivity contribution in [2.75, 3.05) is 5.32 Å². The first kappa shape index (κ1) is 14.9. The number of amides is 1. The van der Waals surface area contributed by atoms with Crippen LogP contribution in [0.5, 0.6) is 0 Å². The molecule has 2 aromatic carbocycles. The number of rotatable bonds is 3. The number of para-hydroxylation sites is 1. The van der Waals surface area contributed by atoms with E-state index in [4.69, 9.17) is 0 Å². The van der Waals surface area contributed by atoms with E-state index in [1.807, 2.05) is 36.4 Å². The van der Waals surface area contributed by atoms with Crippen LogP contribution >= 0.6 is 11.3 Å². The molecule has 0 bridgehead atoms. The van der Waals surface area contributed by atoms with Crippen LogP contribution in [0.2, 0.25) is 0 Å². The van der Waals surface area contributed by atoms with E-state index in [9.17, 15) is 10.1 Å². The number of nitrogens with one attached hydrogen (secondary N) is 1. The van der Waals surface area contributed by atoms with E-state index < -0.39 is 0 Å². The fourth-order valence-corrected chi connectivity index (χ4v) is 3.09. The molecule has 23 heavy (non-hydrogen) atoms. The number of aromatic nitrogens is 1. The van der Waals surface area contributed by atoms with Gasteiger partial charge in [0.15, 0.2) is 0 Å². The van der Waals surface area contributed by atoms with Gasteiger partial charge in [-0.1, -0.05) is 24.3 Å². The number of nitriles is 1. The minimum absolute atomic E-state index is 0.111. The van der Waals surface area contributed by atoms with E-state index in [2.05, 4.69) is 16.4 Å². The van der Waals surface area contributed by atoms with Crippen LogP contribution in [0.15, 0.2) is 48.5 Å². The zero-order valence-electron chi connectivity index (χ0n) is 12.4. The molecule has 0 atom stereocenters.